The normalized spacial score (nSPS) is 14.9. The fourth-order valence-electron chi connectivity index (χ4n) is 2.68. The summed E-state index contributed by atoms with van der Waals surface area (Å²) in [6.45, 7) is 1.54. The molecule has 0 saturated heterocycles. The summed E-state index contributed by atoms with van der Waals surface area (Å²) in [6, 6.07) is 1.95. The number of halogens is 3. The smallest absolute Gasteiger partial charge is 0.163 e. The average Bonchev–Trinajstić information content (AvgIpc) is 3.11. The third-order valence-electron chi connectivity index (χ3n) is 3.97. The second-order valence-electron chi connectivity index (χ2n) is 5.52. The van der Waals surface area contributed by atoms with Gasteiger partial charge in [0, 0.05) is 17.5 Å². The molecular weight excluding hydrogens is 335 g/mol. The zero-order valence-electron chi connectivity index (χ0n) is 13.1. The number of hydrogen-bond donors (Lipinski definition) is 1. The SMILES string of the molecule is CC(c1ncncc1F)C(O)C(c1ccc(F)cc1F)n1cncn1. The third-order valence-corrected chi connectivity index (χ3v) is 3.97. The summed E-state index contributed by atoms with van der Waals surface area (Å²) in [5, 5.41) is 14.7. The molecule has 25 heavy (non-hydrogen) atoms. The minimum atomic E-state index is -1.31. The predicted molar refractivity (Wildman–Crippen MR) is 80.9 cm³/mol. The van der Waals surface area contributed by atoms with E-state index in [0.29, 0.717) is 6.07 Å². The van der Waals surface area contributed by atoms with Crippen LogP contribution in [0.1, 0.15) is 30.1 Å². The van der Waals surface area contributed by atoms with Crippen molar-refractivity contribution in [3.8, 4) is 0 Å². The van der Waals surface area contributed by atoms with Crippen molar-refractivity contribution in [1.29, 1.82) is 0 Å². The quantitative estimate of drug-likeness (QED) is 0.764. The molecule has 2 aromatic heterocycles. The Labute approximate surface area is 141 Å². The third kappa shape index (κ3) is 3.36. The molecule has 0 bridgehead atoms. The van der Waals surface area contributed by atoms with Gasteiger partial charge in [0.1, 0.15) is 36.7 Å². The van der Waals surface area contributed by atoms with E-state index in [4.69, 9.17) is 0 Å². The standard InChI is InChI=1S/C16H14F3N5O/c1-9(14-13(19)5-20-6-22-14)16(25)15(24-8-21-7-23-24)11-3-2-10(17)4-12(11)18/h2-9,15-16,25H,1H3. The van der Waals surface area contributed by atoms with Gasteiger partial charge in [-0.05, 0) is 6.07 Å². The Morgan fingerprint density at radius 2 is 1.88 bits per heavy atom. The minimum Gasteiger partial charge on any atom is -0.390 e. The van der Waals surface area contributed by atoms with Crippen LogP contribution in [0.4, 0.5) is 13.2 Å². The number of aromatic nitrogens is 5. The fourth-order valence-corrected chi connectivity index (χ4v) is 2.68. The fraction of sp³-hybridized carbons (Fsp3) is 0.250. The van der Waals surface area contributed by atoms with Crippen LogP contribution >= 0.6 is 0 Å². The second-order valence-corrected chi connectivity index (χ2v) is 5.52. The first-order valence-corrected chi connectivity index (χ1v) is 7.41. The average molecular weight is 349 g/mol. The molecule has 3 aromatic rings. The van der Waals surface area contributed by atoms with Crippen LogP contribution < -0.4 is 0 Å². The van der Waals surface area contributed by atoms with Gasteiger partial charge < -0.3 is 5.11 Å². The molecule has 0 fully saturated rings. The van der Waals surface area contributed by atoms with E-state index >= 15 is 0 Å². The van der Waals surface area contributed by atoms with Crippen LogP contribution in [0, 0.1) is 17.5 Å². The largest absolute Gasteiger partial charge is 0.390 e. The highest BCUT2D eigenvalue weighted by Crippen LogP contribution is 2.32. The summed E-state index contributed by atoms with van der Waals surface area (Å²) in [7, 11) is 0. The van der Waals surface area contributed by atoms with Crippen LogP contribution in [0.3, 0.4) is 0 Å². The Bertz CT molecular complexity index is 859. The van der Waals surface area contributed by atoms with E-state index in [9.17, 15) is 18.3 Å². The van der Waals surface area contributed by atoms with Gasteiger partial charge in [0.05, 0.1) is 18.0 Å². The highest BCUT2D eigenvalue weighted by Gasteiger charge is 2.33. The van der Waals surface area contributed by atoms with Gasteiger partial charge in [-0.25, -0.2) is 32.8 Å². The Balaban J connectivity index is 2.04. The van der Waals surface area contributed by atoms with Crippen molar-refractivity contribution in [3.05, 3.63) is 72.1 Å². The first-order valence-electron chi connectivity index (χ1n) is 7.41. The first-order chi connectivity index (χ1) is 12.0. The van der Waals surface area contributed by atoms with Crippen molar-refractivity contribution in [3.63, 3.8) is 0 Å². The molecule has 3 atom stereocenters. The second kappa shape index (κ2) is 6.98. The number of aliphatic hydroxyl groups excluding tert-OH is 1. The van der Waals surface area contributed by atoms with Crippen LogP contribution in [-0.4, -0.2) is 35.9 Å². The molecule has 0 aliphatic rings. The highest BCUT2D eigenvalue weighted by molar-refractivity contribution is 5.25. The van der Waals surface area contributed by atoms with Crippen LogP contribution in [-0.2, 0) is 0 Å². The lowest BCUT2D eigenvalue weighted by atomic mass is 9.90. The maximum Gasteiger partial charge on any atom is 0.163 e. The van der Waals surface area contributed by atoms with Crippen molar-refractivity contribution in [1.82, 2.24) is 24.7 Å². The molecule has 0 amide bonds. The molecule has 6 nitrogen and oxygen atoms in total. The Kier molecular flexibility index (Phi) is 4.75. The van der Waals surface area contributed by atoms with Gasteiger partial charge in [-0.15, -0.1) is 0 Å². The zero-order valence-corrected chi connectivity index (χ0v) is 13.1. The molecule has 0 spiro atoms. The van der Waals surface area contributed by atoms with Gasteiger partial charge in [0.25, 0.3) is 0 Å². The van der Waals surface area contributed by atoms with Crippen LogP contribution in [0.15, 0.2) is 43.4 Å². The molecule has 3 unspecified atom stereocenters. The molecule has 0 radical (unpaired) electrons. The zero-order chi connectivity index (χ0) is 18.0. The van der Waals surface area contributed by atoms with Crippen molar-refractivity contribution >= 4 is 0 Å². The molecule has 0 aliphatic carbocycles. The predicted octanol–water partition coefficient (Wildman–Crippen LogP) is 2.24. The van der Waals surface area contributed by atoms with Gasteiger partial charge >= 0.3 is 0 Å². The highest BCUT2D eigenvalue weighted by atomic mass is 19.1. The van der Waals surface area contributed by atoms with Gasteiger partial charge in [-0.2, -0.15) is 5.10 Å². The molecule has 3 rings (SSSR count). The molecule has 9 heteroatoms. The lowest BCUT2D eigenvalue weighted by molar-refractivity contribution is 0.0969. The maximum atomic E-state index is 14.3. The topological polar surface area (TPSA) is 76.7 Å². The molecule has 2 heterocycles. The van der Waals surface area contributed by atoms with Crippen molar-refractivity contribution in [2.75, 3.05) is 0 Å². The lowest BCUT2D eigenvalue weighted by Crippen LogP contribution is -2.32. The minimum absolute atomic E-state index is 0.000661. The molecule has 1 N–H and O–H groups in total. The van der Waals surface area contributed by atoms with Crippen molar-refractivity contribution < 1.29 is 18.3 Å². The lowest BCUT2D eigenvalue weighted by Gasteiger charge is -2.28. The van der Waals surface area contributed by atoms with E-state index in [2.05, 4.69) is 20.1 Å². The number of aliphatic hydroxyl groups is 1. The van der Waals surface area contributed by atoms with E-state index in [1.54, 1.807) is 6.92 Å². The Hall–Kier alpha value is -2.81. The molecule has 130 valence electrons. The summed E-state index contributed by atoms with van der Waals surface area (Å²) in [5.74, 6) is -3.11. The van der Waals surface area contributed by atoms with Crippen molar-refractivity contribution in [2.24, 2.45) is 0 Å². The number of benzene rings is 1. The summed E-state index contributed by atoms with van der Waals surface area (Å²) in [5.41, 5.74) is -0.0177. The van der Waals surface area contributed by atoms with Gasteiger partial charge in [-0.3, -0.25) is 0 Å². The monoisotopic (exact) mass is 349 g/mol. The van der Waals surface area contributed by atoms with E-state index < -0.39 is 35.5 Å². The number of hydrogen-bond acceptors (Lipinski definition) is 5. The van der Waals surface area contributed by atoms with Gasteiger partial charge in [0.15, 0.2) is 5.82 Å². The first kappa shape index (κ1) is 17.0. The van der Waals surface area contributed by atoms with Crippen LogP contribution in [0.25, 0.3) is 0 Å². The summed E-state index contributed by atoms with van der Waals surface area (Å²) in [4.78, 5) is 11.2. The summed E-state index contributed by atoms with van der Waals surface area (Å²) >= 11 is 0. The number of rotatable bonds is 5. The Morgan fingerprint density at radius 1 is 1.08 bits per heavy atom. The van der Waals surface area contributed by atoms with Crippen LogP contribution in [0.2, 0.25) is 0 Å². The molecule has 0 aliphatic heterocycles. The molecule has 1 aromatic carbocycles. The van der Waals surface area contributed by atoms with Crippen molar-refractivity contribution in [2.45, 2.75) is 25.0 Å². The van der Waals surface area contributed by atoms with E-state index in [1.165, 1.54) is 23.4 Å². The molecular formula is C16H14F3N5O. The maximum absolute atomic E-state index is 14.3. The van der Waals surface area contributed by atoms with E-state index in [0.717, 1.165) is 18.6 Å². The number of nitrogens with zero attached hydrogens (tertiary/aromatic N) is 5. The van der Waals surface area contributed by atoms with Gasteiger partial charge in [0.2, 0.25) is 0 Å². The summed E-state index contributed by atoms with van der Waals surface area (Å²) in [6.07, 6.45) is 3.33. The van der Waals surface area contributed by atoms with Gasteiger partial charge in [-0.1, -0.05) is 13.0 Å². The van der Waals surface area contributed by atoms with E-state index in [1.807, 2.05) is 0 Å². The summed E-state index contributed by atoms with van der Waals surface area (Å²) < 4.78 is 42.7. The molecule has 0 saturated carbocycles. The Morgan fingerprint density at radius 3 is 2.52 bits per heavy atom. The van der Waals surface area contributed by atoms with E-state index in [-0.39, 0.29) is 11.3 Å². The van der Waals surface area contributed by atoms with Crippen LogP contribution in [0.5, 0.6) is 0 Å².